The van der Waals surface area contributed by atoms with Crippen LogP contribution in [-0.4, -0.2) is 56.2 Å². The summed E-state index contributed by atoms with van der Waals surface area (Å²) in [7, 11) is 0. The quantitative estimate of drug-likeness (QED) is 0.643. The molecule has 8 nitrogen and oxygen atoms in total. The van der Waals surface area contributed by atoms with Crippen LogP contribution in [-0.2, 0) is 0 Å². The van der Waals surface area contributed by atoms with Gasteiger partial charge in [-0.15, -0.1) is 0 Å². The van der Waals surface area contributed by atoms with Gasteiger partial charge in [-0.25, -0.2) is 13.5 Å². The third-order valence-electron chi connectivity index (χ3n) is 4.87. The molecule has 3 aromatic rings. The van der Waals surface area contributed by atoms with Crippen molar-refractivity contribution in [3.63, 3.8) is 0 Å². The Hall–Kier alpha value is -3.33. The van der Waals surface area contributed by atoms with E-state index in [0.29, 0.717) is 28.3 Å². The number of aromatic nitrogens is 3. The van der Waals surface area contributed by atoms with Crippen molar-refractivity contribution in [1.29, 1.82) is 0 Å². The normalized spacial score (nSPS) is 19.7. The summed E-state index contributed by atoms with van der Waals surface area (Å²) < 4.78 is 23.1. The first-order valence-electron chi connectivity index (χ1n) is 9.26. The topological polar surface area (TPSA) is 91.8 Å². The number of nitrogens with zero attached hydrogens (tertiary/aromatic N) is 4. The molecule has 1 aliphatic heterocycles. The van der Waals surface area contributed by atoms with Crippen LogP contribution in [0.5, 0.6) is 5.75 Å². The molecule has 1 amide bonds. The van der Waals surface area contributed by atoms with E-state index in [2.05, 4.69) is 22.1 Å². The zero-order valence-electron chi connectivity index (χ0n) is 15.9. The highest BCUT2D eigenvalue weighted by atomic mass is 19.1. The highest BCUT2D eigenvalue weighted by Crippen LogP contribution is 2.33. The average molecular weight is 398 g/mol. The van der Waals surface area contributed by atoms with Crippen molar-refractivity contribution in [2.75, 3.05) is 13.2 Å². The van der Waals surface area contributed by atoms with Crippen molar-refractivity contribution in [2.24, 2.45) is 0 Å². The Balaban J connectivity index is 1.90. The molecular weight excluding hydrogens is 377 g/mol. The Kier molecular flexibility index (Phi) is 4.98. The van der Waals surface area contributed by atoms with E-state index >= 15 is 0 Å². The molecule has 2 bridgehead atoms. The molecule has 2 atom stereocenters. The molecule has 2 N–H and O–H groups in total. The van der Waals surface area contributed by atoms with Gasteiger partial charge in [-0.05, 0) is 30.1 Å². The number of aliphatic hydroxyl groups excluding tert-OH is 1. The van der Waals surface area contributed by atoms with Crippen LogP contribution in [0, 0.1) is 5.82 Å². The van der Waals surface area contributed by atoms with Crippen molar-refractivity contribution in [3.8, 4) is 5.75 Å². The minimum Gasteiger partial charge on any atom is -0.491 e. The Morgan fingerprint density at radius 1 is 1.45 bits per heavy atom. The summed E-state index contributed by atoms with van der Waals surface area (Å²) in [6.07, 6.45) is 3.42. The summed E-state index contributed by atoms with van der Waals surface area (Å²) in [6.45, 7) is 5.94. The van der Waals surface area contributed by atoms with Gasteiger partial charge in [0.2, 0.25) is 0 Å². The number of ether oxygens (including phenoxy) is 1. The van der Waals surface area contributed by atoms with E-state index < -0.39 is 11.9 Å². The molecule has 0 fully saturated rings. The van der Waals surface area contributed by atoms with Crippen molar-refractivity contribution < 1.29 is 23.6 Å². The molecule has 1 aliphatic rings. The maximum Gasteiger partial charge on any atom is 0.327 e. The number of fused-ring (bicyclic) bond motifs is 2. The molecular formula is C20H21FN5O3+. The van der Waals surface area contributed by atoms with Gasteiger partial charge < -0.3 is 15.2 Å². The fourth-order valence-corrected chi connectivity index (χ4v) is 3.41. The lowest BCUT2D eigenvalue weighted by atomic mass is 10.0. The summed E-state index contributed by atoms with van der Waals surface area (Å²) in [5.41, 5.74) is 1.25. The van der Waals surface area contributed by atoms with Crippen molar-refractivity contribution in [1.82, 2.24) is 19.9 Å². The number of hydrogen-bond acceptors (Lipinski definition) is 5. The first kappa shape index (κ1) is 19.0. The lowest BCUT2D eigenvalue weighted by Gasteiger charge is -2.21. The molecule has 0 aliphatic carbocycles. The van der Waals surface area contributed by atoms with Gasteiger partial charge in [0.15, 0.2) is 0 Å². The van der Waals surface area contributed by atoms with Crippen LogP contribution in [0.2, 0.25) is 0 Å². The van der Waals surface area contributed by atoms with Gasteiger partial charge >= 0.3 is 5.82 Å². The van der Waals surface area contributed by atoms with Gasteiger partial charge in [-0.3, -0.25) is 4.79 Å². The minimum absolute atomic E-state index is 0.136. The highest BCUT2D eigenvalue weighted by molar-refractivity contribution is 5.99. The monoisotopic (exact) mass is 398 g/mol. The van der Waals surface area contributed by atoms with Crippen LogP contribution >= 0.6 is 0 Å². The maximum absolute atomic E-state index is 14.1. The predicted molar refractivity (Wildman–Crippen MR) is 103 cm³/mol. The molecule has 1 aromatic carbocycles. The third-order valence-corrected chi connectivity index (χ3v) is 4.87. The van der Waals surface area contributed by atoms with E-state index in [9.17, 15) is 14.3 Å². The number of benzene rings is 1. The molecule has 3 heterocycles. The van der Waals surface area contributed by atoms with Crippen LogP contribution in [0.1, 0.15) is 35.3 Å². The molecule has 0 spiro atoms. The van der Waals surface area contributed by atoms with Crippen LogP contribution in [0.3, 0.4) is 0 Å². The van der Waals surface area contributed by atoms with Crippen LogP contribution in [0.15, 0.2) is 36.7 Å². The van der Waals surface area contributed by atoms with E-state index in [-0.39, 0.29) is 31.6 Å². The predicted octanol–water partition coefficient (Wildman–Crippen LogP) is 1.85. The largest absolute Gasteiger partial charge is 0.491 e. The zero-order valence-corrected chi connectivity index (χ0v) is 15.9. The Bertz CT molecular complexity index is 1100. The molecule has 150 valence electrons. The van der Waals surface area contributed by atoms with E-state index in [0.717, 1.165) is 0 Å². The number of nitrogens with one attached hydrogen (secondary N) is 1. The number of aliphatic hydroxyl groups is 1. The molecule has 0 radical (unpaired) electrons. The molecule has 9 heteroatoms. The summed E-state index contributed by atoms with van der Waals surface area (Å²) in [4.78, 5) is 17.2. The van der Waals surface area contributed by atoms with Gasteiger partial charge in [0.25, 0.3) is 11.6 Å². The van der Waals surface area contributed by atoms with Crippen molar-refractivity contribution in [2.45, 2.75) is 25.4 Å². The zero-order chi connectivity index (χ0) is 20.5. The first-order valence-corrected chi connectivity index (χ1v) is 9.26. The molecule has 0 unspecified atom stereocenters. The molecule has 2 aromatic heterocycles. The Morgan fingerprint density at radius 3 is 3.07 bits per heavy atom. The van der Waals surface area contributed by atoms with Gasteiger partial charge in [-0.2, -0.15) is 5.10 Å². The Morgan fingerprint density at radius 2 is 2.28 bits per heavy atom. The summed E-state index contributed by atoms with van der Waals surface area (Å²) >= 11 is 0. The van der Waals surface area contributed by atoms with Gasteiger partial charge in [0.05, 0.1) is 25.0 Å². The number of carbonyl (C=O) groups excluding carboxylic acids is 1. The maximum atomic E-state index is 14.1. The van der Waals surface area contributed by atoms with Crippen LogP contribution < -0.4 is 10.1 Å². The second-order valence-corrected chi connectivity index (χ2v) is 6.98. The fourth-order valence-electron chi connectivity index (χ4n) is 3.41. The lowest BCUT2D eigenvalue weighted by Crippen LogP contribution is -2.36. The van der Waals surface area contributed by atoms with Gasteiger partial charge in [-0.1, -0.05) is 0 Å². The number of amides is 1. The van der Waals surface area contributed by atoms with Crippen LogP contribution in [0.4, 0.5) is 10.2 Å². The van der Waals surface area contributed by atoms with E-state index in [1.807, 2.05) is 6.92 Å². The van der Waals surface area contributed by atoms with Gasteiger partial charge in [0.1, 0.15) is 29.8 Å². The van der Waals surface area contributed by atoms with E-state index in [1.54, 1.807) is 22.9 Å². The third kappa shape index (κ3) is 3.56. The fraction of sp³-hybridized carbons (Fsp3) is 0.300. The number of rotatable bonds is 2. The second kappa shape index (κ2) is 7.59. The number of hydrogen-bond donors (Lipinski definition) is 2. The van der Waals surface area contributed by atoms with E-state index in [1.165, 1.54) is 22.8 Å². The first-order chi connectivity index (χ1) is 14.0. The lowest BCUT2D eigenvalue weighted by molar-refractivity contribution is -0.488. The summed E-state index contributed by atoms with van der Waals surface area (Å²) in [5, 5.41) is 16.7. The Labute approximate surface area is 166 Å². The highest BCUT2D eigenvalue weighted by Gasteiger charge is 2.29. The molecule has 0 saturated heterocycles. The molecule has 0 saturated carbocycles. The number of carbonyl (C=O) groups is 1. The SMILES string of the molecule is C=[N+]1c2ccn3ncc(c3n2)C(=O)N[C@H](C)COc2ccc(F)cc2[C@H]1CCO. The number of halogens is 1. The van der Waals surface area contributed by atoms with Crippen LogP contribution in [0.25, 0.3) is 5.65 Å². The standard InChI is InChI=1S/C20H20FN5O3/c1-12-11-29-17-4-3-13(21)9-14(17)16(6-8-27)25(2)18-5-7-26-19(24-18)15(10-22-26)20(28)23-12/h3-5,7,9-10,12,16,27H,2,6,8,11H2,1H3/p+1/t12-,16-/m1/s1. The van der Waals surface area contributed by atoms with Crippen molar-refractivity contribution in [3.05, 3.63) is 53.6 Å². The van der Waals surface area contributed by atoms with E-state index in [4.69, 9.17) is 4.74 Å². The second-order valence-electron chi connectivity index (χ2n) is 6.98. The molecule has 4 rings (SSSR count). The summed E-state index contributed by atoms with van der Waals surface area (Å²) in [6, 6.07) is 5.12. The van der Waals surface area contributed by atoms with Crippen molar-refractivity contribution >= 4 is 24.1 Å². The van der Waals surface area contributed by atoms with Gasteiger partial charge in [0, 0.05) is 24.8 Å². The minimum atomic E-state index is -0.494. The smallest absolute Gasteiger partial charge is 0.327 e. The average Bonchev–Trinajstić information content (AvgIpc) is 3.13. The summed E-state index contributed by atoms with van der Waals surface area (Å²) in [5.74, 6) is 0.175. The molecule has 29 heavy (non-hydrogen) atoms.